The molecule has 6 heteroatoms. The molecule has 0 saturated carbocycles. The summed E-state index contributed by atoms with van der Waals surface area (Å²) in [6, 6.07) is 12.6. The Kier molecular flexibility index (Phi) is 5.63. The molecule has 23 heavy (non-hydrogen) atoms. The highest BCUT2D eigenvalue weighted by atomic mass is 32.2. The second-order valence-corrected chi connectivity index (χ2v) is 6.88. The Balaban J connectivity index is 2.03. The van der Waals surface area contributed by atoms with Gasteiger partial charge in [-0.3, -0.25) is 0 Å². The molecule has 0 aliphatic rings. The zero-order valence-electron chi connectivity index (χ0n) is 13.5. The van der Waals surface area contributed by atoms with Crippen molar-refractivity contribution in [3.63, 3.8) is 0 Å². The van der Waals surface area contributed by atoms with E-state index in [0.29, 0.717) is 11.5 Å². The monoisotopic (exact) mass is 335 g/mol. The molecular formula is C17H21NO4S. The van der Waals surface area contributed by atoms with E-state index in [-0.39, 0.29) is 18.0 Å². The van der Waals surface area contributed by atoms with Gasteiger partial charge in [-0.25, -0.2) is 13.1 Å². The molecule has 0 saturated heterocycles. The molecule has 2 aromatic rings. The van der Waals surface area contributed by atoms with E-state index in [1.54, 1.807) is 12.1 Å². The first-order valence-electron chi connectivity index (χ1n) is 7.27. The number of para-hydroxylation sites is 1. The molecular weight excluding hydrogens is 314 g/mol. The highest BCUT2D eigenvalue weighted by Gasteiger charge is 2.20. The smallest absolute Gasteiger partial charge is 0.244 e. The Hall–Kier alpha value is -2.05. The molecule has 0 aromatic heterocycles. The van der Waals surface area contributed by atoms with Gasteiger partial charge in [-0.15, -0.1) is 0 Å². The molecule has 5 nitrogen and oxygen atoms in total. The normalized spacial score (nSPS) is 11.3. The summed E-state index contributed by atoms with van der Waals surface area (Å²) in [7, 11) is -2.19. The molecule has 2 aromatic carbocycles. The highest BCUT2D eigenvalue weighted by molar-refractivity contribution is 7.89. The summed E-state index contributed by atoms with van der Waals surface area (Å²) >= 11 is 0. The van der Waals surface area contributed by atoms with Crippen molar-refractivity contribution in [2.75, 3.05) is 20.3 Å². The van der Waals surface area contributed by atoms with Gasteiger partial charge in [0.15, 0.2) is 0 Å². The molecule has 0 unspecified atom stereocenters. The van der Waals surface area contributed by atoms with E-state index in [0.717, 1.165) is 11.1 Å². The standard InChI is InChI=1S/C17H21NO4S/c1-13-11-16(21-3)17(12-14(13)2)23(19,20)18-9-10-22-15-7-5-4-6-8-15/h4-8,11-12,18H,9-10H2,1-3H3. The van der Waals surface area contributed by atoms with Crippen molar-refractivity contribution in [2.24, 2.45) is 0 Å². The fourth-order valence-corrected chi connectivity index (χ4v) is 3.32. The zero-order chi connectivity index (χ0) is 16.9. The lowest BCUT2D eigenvalue weighted by molar-refractivity contribution is 0.322. The van der Waals surface area contributed by atoms with Crippen LogP contribution in [0.4, 0.5) is 0 Å². The van der Waals surface area contributed by atoms with E-state index in [1.165, 1.54) is 7.11 Å². The predicted molar refractivity (Wildman–Crippen MR) is 89.6 cm³/mol. The first-order valence-corrected chi connectivity index (χ1v) is 8.75. The maximum atomic E-state index is 12.4. The van der Waals surface area contributed by atoms with Crippen LogP contribution < -0.4 is 14.2 Å². The lowest BCUT2D eigenvalue weighted by Gasteiger charge is -2.13. The van der Waals surface area contributed by atoms with Gasteiger partial charge in [0.05, 0.1) is 7.11 Å². The number of nitrogens with one attached hydrogen (secondary N) is 1. The number of benzene rings is 2. The van der Waals surface area contributed by atoms with Crippen LogP contribution in [0.3, 0.4) is 0 Å². The average molecular weight is 335 g/mol. The molecule has 0 bridgehead atoms. The number of hydrogen-bond donors (Lipinski definition) is 1. The van der Waals surface area contributed by atoms with Crippen LogP contribution in [0.25, 0.3) is 0 Å². The Morgan fingerprint density at radius 1 is 1.04 bits per heavy atom. The molecule has 0 spiro atoms. The van der Waals surface area contributed by atoms with Crippen LogP contribution >= 0.6 is 0 Å². The summed E-state index contributed by atoms with van der Waals surface area (Å²) in [5, 5.41) is 0. The van der Waals surface area contributed by atoms with Gasteiger partial charge in [-0.05, 0) is 49.2 Å². The van der Waals surface area contributed by atoms with Crippen molar-refractivity contribution < 1.29 is 17.9 Å². The van der Waals surface area contributed by atoms with Crippen molar-refractivity contribution in [3.05, 3.63) is 53.6 Å². The van der Waals surface area contributed by atoms with Crippen LogP contribution in [0.1, 0.15) is 11.1 Å². The van der Waals surface area contributed by atoms with Gasteiger partial charge >= 0.3 is 0 Å². The average Bonchev–Trinajstić information content (AvgIpc) is 2.54. The van der Waals surface area contributed by atoms with Crippen LogP contribution in [-0.2, 0) is 10.0 Å². The number of methoxy groups -OCH3 is 1. The van der Waals surface area contributed by atoms with Gasteiger partial charge in [0.2, 0.25) is 10.0 Å². The van der Waals surface area contributed by atoms with Gasteiger partial charge in [0.1, 0.15) is 23.0 Å². The van der Waals surface area contributed by atoms with Crippen LogP contribution in [0.2, 0.25) is 0 Å². The molecule has 0 atom stereocenters. The molecule has 0 aliphatic heterocycles. The number of aryl methyl sites for hydroxylation is 2. The van der Waals surface area contributed by atoms with E-state index in [1.807, 2.05) is 44.2 Å². The molecule has 0 amide bonds. The van der Waals surface area contributed by atoms with Crippen molar-refractivity contribution in [1.82, 2.24) is 4.72 Å². The lowest BCUT2D eigenvalue weighted by Crippen LogP contribution is -2.28. The maximum absolute atomic E-state index is 12.4. The number of ether oxygens (including phenoxy) is 2. The summed E-state index contributed by atoms with van der Waals surface area (Å²) < 4.78 is 38.1. The Morgan fingerprint density at radius 2 is 1.70 bits per heavy atom. The SMILES string of the molecule is COc1cc(C)c(C)cc1S(=O)(=O)NCCOc1ccccc1. The second-order valence-electron chi connectivity index (χ2n) is 5.15. The number of hydrogen-bond acceptors (Lipinski definition) is 4. The Morgan fingerprint density at radius 3 is 2.35 bits per heavy atom. The second kappa shape index (κ2) is 7.48. The lowest BCUT2D eigenvalue weighted by atomic mass is 10.1. The molecule has 0 heterocycles. The third-order valence-electron chi connectivity index (χ3n) is 3.48. The fourth-order valence-electron chi connectivity index (χ4n) is 2.07. The molecule has 1 N–H and O–H groups in total. The van der Waals surface area contributed by atoms with E-state index < -0.39 is 10.0 Å². The minimum absolute atomic E-state index is 0.141. The van der Waals surface area contributed by atoms with Crippen molar-refractivity contribution >= 4 is 10.0 Å². The molecule has 2 rings (SSSR count). The van der Waals surface area contributed by atoms with Crippen molar-refractivity contribution in [3.8, 4) is 11.5 Å². The third kappa shape index (κ3) is 4.46. The largest absolute Gasteiger partial charge is 0.495 e. The quantitative estimate of drug-likeness (QED) is 0.790. The topological polar surface area (TPSA) is 64.6 Å². The van der Waals surface area contributed by atoms with Gasteiger partial charge in [0.25, 0.3) is 0 Å². The van der Waals surface area contributed by atoms with Crippen LogP contribution in [-0.4, -0.2) is 28.7 Å². The first kappa shape index (κ1) is 17.3. The minimum atomic E-state index is -3.65. The van der Waals surface area contributed by atoms with E-state index in [9.17, 15) is 8.42 Å². The number of sulfonamides is 1. The molecule has 0 radical (unpaired) electrons. The van der Waals surface area contributed by atoms with Crippen LogP contribution in [0.15, 0.2) is 47.4 Å². The number of rotatable bonds is 7. The fraction of sp³-hybridized carbons (Fsp3) is 0.294. The van der Waals surface area contributed by atoms with Gasteiger partial charge < -0.3 is 9.47 Å². The summed E-state index contributed by atoms with van der Waals surface area (Å²) in [6.07, 6.45) is 0. The summed E-state index contributed by atoms with van der Waals surface area (Å²) in [5.41, 5.74) is 1.87. The van der Waals surface area contributed by atoms with Crippen LogP contribution in [0, 0.1) is 13.8 Å². The van der Waals surface area contributed by atoms with Gasteiger partial charge in [0, 0.05) is 6.54 Å². The molecule has 0 aliphatic carbocycles. The van der Waals surface area contributed by atoms with Crippen LogP contribution in [0.5, 0.6) is 11.5 Å². The predicted octanol–water partition coefficient (Wildman–Crippen LogP) is 2.67. The molecule has 0 fully saturated rings. The summed E-state index contributed by atoms with van der Waals surface area (Å²) in [5.74, 6) is 1.04. The van der Waals surface area contributed by atoms with E-state index in [2.05, 4.69) is 4.72 Å². The van der Waals surface area contributed by atoms with E-state index in [4.69, 9.17) is 9.47 Å². The first-order chi connectivity index (χ1) is 10.9. The Bertz CT molecular complexity index is 758. The van der Waals surface area contributed by atoms with E-state index >= 15 is 0 Å². The summed E-state index contributed by atoms with van der Waals surface area (Å²) in [6.45, 7) is 4.20. The summed E-state index contributed by atoms with van der Waals surface area (Å²) in [4.78, 5) is 0.141. The van der Waals surface area contributed by atoms with Crippen molar-refractivity contribution in [1.29, 1.82) is 0 Å². The maximum Gasteiger partial charge on any atom is 0.244 e. The van der Waals surface area contributed by atoms with Crippen molar-refractivity contribution in [2.45, 2.75) is 18.7 Å². The highest BCUT2D eigenvalue weighted by Crippen LogP contribution is 2.27. The van der Waals surface area contributed by atoms with Gasteiger partial charge in [-0.1, -0.05) is 18.2 Å². The minimum Gasteiger partial charge on any atom is -0.495 e. The molecule has 124 valence electrons. The zero-order valence-corrected chi connectivity index (χ0v) is 14.3. The van der Waals surface area contributed by atoms with Gasteiger partial charge in [-0.2, -0.15) is 0 Å². The Labute approximate surface area is 137 Å². The third-order valence-corrected chi connectivity index (χ3v) is 4.96.